The molecule has 0 spiro atoms. The Labute approximate surface area is 196 Å². The second kappa shape index (κ2) is 9.34. The third-order valence-corrected chi connectivity index (χ3v) is 5.38. The fourth-order valence-electron chi connectivity index (χ4n) is 3.42. The zero-order valence-corrected chi connectivity index (χ0v) is 18.8. The van der Waals surface area contributed by atoms with E-state index in [1.54, 1.807) is 42.5 Å². The largest absolute Gasteiger partial charge is 0.494 e. The van der Waals surface area contributed by atoms with E-state index in [1.807, 2.05) is 43.3 Å². The Morgan fingerprint density at radius 2 is 1.41 bits per heavy atom. The first-order chi connectivity index (χ1) is 15.5. The molecule has 0 unspecified atom stereocenters. The third kappa shape index (κ3) is 4.28. The summed E-state index contributed by atoms with van der Waals surface area (Å²) in [5, 5.41) is 0.532. The summed E-state index contributed by atoms with van der Waals surface area (Å²) in [7, 11) is 0. The SMILES string of the molecule is CCOc1cc(Cl)cc(C=C2C(=O)N(c3ccccc3)C(=S)N(c3ccccc3)C2=O)c1. The molecule has 3 aromatic rings. The quantitative estimate of drug-likeness (QED) is 0.286. The second-order valence-corrected chi connectivity index (χ2v) is 7.75. The van der Waals surface area contributed by atoms with Crippen LogP contribution in [0.3, 0.4) is 0 Å². The summed E-state index contributed by atoms with van der Waals surface area (Å²) >= 11 is 11.8. The van der Waals surface area contributed by atoms with E-state index in [0.29, 0.717) is 34.3 Å². The molecule has 0 bridgehead atoms. The number of hydrogen-bond acceptors (Lipinski definition) is 4. The molecular weight excluding hydrogens is 444 g/mol. The minimum Gasteiger partial charge on any atom is -0.494 e. The van der Waals surface area contributed by atoms with Crippen LogP contribution in [-0.4, -0.2) is 23.5 Å². The van der Waals surface area contributed by atoms with Gasteiger partial charge in [0.15, 0.2) is 5.11 Å². The van der Waals surface area contributed by atoms with Crippen LogP contribution in [0, 0.1) is 0 Å². The number of thiocarbonyl (C=S) groups is 1. The maximum atomic E-state index is 13.5. The molecule has 4 rings (SSSR count). The number of benzene rings is 3. The highest BCUT2D eigenvalue weighted by atomic mass is 35.5. The van der Waals surface area contributed by atoms with Crippen LogP contribution in [0.2, 0.25) is 5.02 Å². The topological polar surface area (TPSA) is 49.9 Å². The van der Waals surface area contributed by atoms with Crippen LogP contribution in [0.25, 0.3) is 6.08 Å². The van der Waals surface area contributed by atoms with Crippen LogP contribution in [0.4, 0.5) is 11.4 Å². The summed E-state index contributed by atoms with van der Waals surface area (Å²) in [4.78, 5) is 29.7. The lowest BCUT2D eigenvalue weighted by atomic mass is 10.0. The molecule has 1 heterocycles. The molecule has 0 aliphatic carbocycles. The molecule has 0 radical (unpaired) electrons. The van der Waals surface area contributed by atoms with Crippen molar-refractivity contribution < 1.29 is 14.3 Å². The molecule has 5 nitrogen and oxygen atoms in total. The number of rotatable bonds is 5. The van der Waals surface area contributed by atoms with Gasteiger partial charge in [0.2, 0.25) is 0 Å². The van der Waals surface area contributed by atoms with E-state index >= 15 is 0 Å². The highest BCUT2D eigenvalue weighted by Crippen LogP contribution is 2.30. The van der Waals surface area contributed by atoms with E-state index in [2.05, 4.69) is 0 Å². The predicted molar refractivity (Wildman–Crippen MR) is 131 cm³/mol. The van der Waals surface area contributed by atoms with Gasteiger partial charge in [0.05, 0.1) is 18.0 Å². The summed E-state index contributed by atoms with van der Waals surface area (Å²) < 4.78 is 5.54. The van der Waals surface area contributed by atoms with Gasteiger partial charge in [0, 0.05) is 5.02 Å². The van der Waals surface area contributed by atoms with E-state index in [1.165, 1.54) is 15.9 Å². The third-order valence-electron chi connectivity index (χ3n) is 4.79. The maximum absolute atomic E-state index is 13.5. The average molecular weight is 463 g/mol. The van der Waals surface area contributed by atoms with Crippen molar-refractivity contribution in [3.63, 3.8) is 0 Å². The van der Waals surface area contributed by atoms with Crippen molar-refractivity contribution in [1.29, 1.82) is 0 Å². The predicted octanol–water partition coefficient (Wildman–Crippen LogP) is 5.49. The fourth-order valence-corrected chi connectivity index (χ4v) is 4.03. The van der Waals surface area contributed by atoms with Gasteiger partial charge in [-0.1, -0.05) is 48.0 Å². The number of carbonyl (C=O) groups is 2. The van der Waals surface area contributed by atoms with Gasteiger partial charge in [-0.05, 0) is 73.2 Å². The molecule has 0 saturated carbocycles. The normalized spacial score (nSPS) is 14.1. The van der Waals surface area contributed by atoms with Gasteiger partial charge in [-0.15, -0.1) is 0 Å². The van der Waals surface area contributed by atoms with Crippen LogP contribution in [0.5, 0.6) is 5.75 Å². The average Bonchev–Trinajstić information content (AvgIpc) is 2.78. The standard InChI is InChI=1S/C25H19ClN2O3S/c1-2-31-21-14-17(13-18(26)16-21)15-22-23(29)27(19-9-5-3-6-10-19)25(32)28(24(22)30)20-11-7-4-8-12-20/h3-16H,2H2,1H3. The van der Waals surface area contributed by atoms with Crippen molar-refractivity contribution in [2.45, 2.75) is 6.92 Å². The number of para-hydroxylation sites is 2. The first-order valence-electron chi connectivity index (χ1n) is 9.97. The van der Waals surface area contributed by atoms with Crippen molar-refractivity contribution in [2.75, 3.05) is 16.4 Å². The number of halogens is 1. The number of amides is 2. The van der Waals surface area contributed by atoms with E-state index in [0.717, 1.165) is 0 Å². The molecule has 0 aromatic heterocycles. The Balaban J connectivity index is 1.86. The van der Waals surface area contributed by atoms with Gasteiger partial charge in [-0.2, -0.15) is 0 Å². The lowest BCUT2D eigenvalue weighted by Gasteiger charge is -2.36. The maximum Gasteiger partial charge on any atom is 0.270 e. The Morgan fingerprint density at radius 3 is 1.91 bits per heavy atom. The summed E-state index contributed by atoms with van der Waals surface area (Å²) in [6.45, 7) is 2.33. The zero-order chi connectivity index (χ0) is 22.7. The summed E-state index contributed by atoms with van der Waals surface area (Å²) in [5.74, 6) is -0.453. The Hall–Kier alpha value is -3.48. The Morgan fingerprint density at radius 1 is 0.875 bits per heavy atom. The smallest absolute Gasteiger partial charge is 0.270 e. The molecule has 0 N–H and O–H groups in total. The van der Waals surface area contributed by atoms with Crippen LogP contribution < -0.4 is 14.5 Å². The molecule has 1 fully saturated rings. The molecular formula is C25H19ClN2O3S. The molecule has 32 heavy (non-hydrogen) atoms. The Kier molecular flexibility index (Phi) is 6.35. The first kappa shape index (κ1) is 21.7. The first-order valence-corrected chi connectivity index (χ1v) is 10.8. The molecule has 3 aromatic carbocycles. The molecule has 7 heteroatoms. The van der Waals surface area contributed by atoms with Crippen LogP contribution in [-0.2, 0) is 9.59 Å². The van der Waals surface area contributed by atoms with Gasteiger partial charge >= 0.3 is 0 Å². The summed E-state index contributed by atoms with van der Waals surface area (Å²) in [5.41, 5.74) is 1.69. The van der Waals surface area contributed by atoms with Gasteiger partial charge in [-0.25, -0.2) is 0 Å². The van der Waals surface area contributed by atoms with E-state index in [-0.39, 0.29) is 10.7 Å². The van der Waals surface area contributed by atoms with Crippen LogP contribution >= 0.6 is 23.8 Å². The van der Waals surface area contributed by atoms with Crippen molar-refractivity contribution in [2.24, 2.45) is 0 Å². The molecule has 2 amide bonds. The lowest BCUT2D eigenvalue weighted by Crippen LogP contribution is -2.56. The van der Waals surface area contributed by atoms with E-state index < -0.39 is 11.8 Å². The molecule has 1 saturated heterocycles. The minimum atomic E-state index is -0.503. The lowest BCUT2D eigenvalue weighted by molar-refractivity contribution is -0.120. The molecule has 1 aliphatic rings. The van der Waals surface area contributed by atoms with Crippen molar-refractivity contribution in [3.05, 3.63) is 95.0 Å². The highest BCUT2D eigenvalue weighted by Gasteiger charge is 2.41. The van der Waals surface area contributed by atoms with Crippen molar-refractivity contribution >= 4 is 58.2 Å². The number of carbonyl (C=O) groups excluding carboxylic acids is 2. The van der Waals surface area contributed by atoms with E-state index in [4.69, 9.17) is 28.6 Å². The number of ether oxygens (including phenoxy) is 1. The highest BCUT2D eigenvalue weighted by molar-refractivity contribution is 7.81. The number of nitrogens with zero attached hydrogens (tertiary/aromatic N) is 2. The van der Waals surface area contributed by atoms with Crippen LogP contribution in [0.1, 0.15) is 12.5 Å². The zero-order valence-electron chi connectivity index (χ0n) is 17.2. The van der Waals surface area contributed by atoms with Gasteiger partial charge in [0.25, 0.3) is 11.8 Å². The molecule has 1 aliphatic heterocycles. The van der Waals surface area contributed by atoms with E-state index in [9.17, 15) is 9.59 Å². The van der Waals surface area contributed by atoms with Crippen molar-refractivity contribution in [1.82, 2.24) is 0 Å². The van der Waals surface area contributed by atoms with Gasteiger partial charge in [-0.3, -0.25) is 19.4 Å². The monoisotopic (exact) mass is 462 g/mol. The minimum absolute atomic E-state index is 0.0315. The van der Waals surface area contributed by atoms with Crippen LogP contribution in [0.15, 0.2) is 84.4 Å². The molecule has 0 atom stereocenters. The summed E-state index contributed by atoms with van der Waals surface area (Å²) in [6.07, 6.45) is 1.52. The van der Waals surface area contributed by atoms with Crippen molar-refractivity contribution in [3.8, 4) is 5.75 Å². The molecule has 160 valence electrons. The second-order valence-electron chi connectivity index (χ2n) is 6.95. The number of anilines is 2. The van der Waals surface area contributed by atoms with Gasteiger partial charge in [0.1, 0.15) is 11.3 Å². The van der Waals surface area contributed by atoms with Gasteiger partial charge < -0.3 is 4.74 Å². The number of hydrogen-bond donors (Lipinski definition) is 0. The fraction of sp³-hybridized carbons (Fsp3) is 0.0800. The Bertz CT molecular complexity index is 1150. The summed E-state index contributed by atoms with van der Waals surface area (Å²) in [6, 6.07) is 23.1.